The Morgan fingerprint density at radius 2 is 1.76 bits per heavy atom. The smallest absolute Gasteiger partial charge is 0.255 e. The van der Waals surface area contributed by atoms with E-state index in [0.29, 0.717) is 54.1 Å². The van der Waals surface area contributed by atoms with E-state index in [1.807, 2.05) is 4.90 Å². The fraction of sp³-hybridized carbons (Fsp3) is 0.556. The van der Waals surface area contributed by atoms with Crippen molar-refractivity contribution in [2.75, 3.05) is 26.2 Å². The van der Waals surface area contributed by atoms with Gasteiger partial charge in [-0.1, -0.05) is 29.6 Å². The molecule has 136 valence electrons. The van der Waals surface area contributed by atoms with Crippen LogP contribution in [0.1, 0.15) is 36.0 Å². The van der Waals surface area contributed by atoms with Gasteiger partial charge in [-0.2, -0.15) is 0 Å². The van der Waals surface area contributed by atoms with Crippen LogP contribution in [-0.4, -0.2) is 53.8 Å². The van der Waals surface area contributed by atoms with E-state index in [9.17, 15) is 9.59 Å². The van der Waals surface area contributed by atoms with Crippen LogP contribution in [-0.2, 0) is 4.79 Å². The average Bonchev–Trinajstić information content (AvgIpc) is 2.99. The number of hydrogen-bond donors (Lipinski definition) is 1. The lowest BCUT2D eigenvalue weighted by atomic mass is 9.99. The van der Waals surface area contributed by atoms with Crippen molar-refractivity contribution in [2.45, 2.75) is 31.7 Å². The molecule has 2 aliphatic rings. The van der Waals surface area contributed by atoms with Gasteiger partial charge < -0.3 is 15.5 Å². The number of amides is 2. The lowest BCUT2D eigenvalue weighted by molar-refractivity contribution is -0.133. The third-order valence-corrected chi connectivity index (χ3v) is 5.78. The molecule has 2 atom stereocenters. The van der Waals surface area contributed by atoms with Gasteiger partial charge in [0.1, 0.15) is 0 Å². The highest BCUT2D eigenvalue weighted by atomic mass is 35.5. The molecule has 0 radical (unpaired) electrons. The molecule has 0 aromatic heterocycles. The zero-order valence-electron chi connectivity index (χ0n) is 14.1. The second kappa shape index (κ2) is 7.94. The van der Waals surface area contributed by atoms with E-state index >= 15 is 0 Å². The van der Waals surface area contributed by atoms with Gasteiger partial charge in [0.15, 0.2) is 0 Å². The number of hydrogen-bond acceptors (Lipinski definition) is 3. The van der Waals surface area contributed by atoms with Crippen molar-refractivity contribution in [3.63, 3.8) is 0 Å². The van der Waals surface area contributed by atoms with E-state index in [0.717, 1.165) is 19.3 Å². The molecule has 7 heteroatoms. The molecule has 1 aromatic carbocycles. The highest BCUT2D eigenvalue weighted by Gasteiger charge is 2.30. The minimum absolute atomic E-state index is 0.119. The minimum Gasteiger partial charge on any atom is -0.339 e. The molecule has 0 spiro atoms. The quantitative estimate of drug-likeness (QED) is 0.872. The van der Waals surface area contributed by atoms with E-state index in [-0.39, 0.29) is 17.9 Å². The largest absolute Gasteiger partial charge is 0.339 e. The van der Waals surface area contributed by atoms with Gasteiger partial charge in [0, 0.05) is 43.7 Å². The monoisotopic (exact) mass is 383 g/mol. The number of nitrogens with two attached hydrogens (primary N) is 1. The molecule has 0 bridgehead atoms. The minimum atomic E-state index is -0.119. The maximum Gasteiger partial charge on any atom is 0.255 e. The number of carbonyl (C=O) groups excluding carboxylic acids is 2. The van der Waals surface area contributed by atoms with Gasteiger partial charge in [0.05, 0.1) is 10.6 Å². The van der Waals surface area contributed by atoms with Crippen molar-refractivity contribution in [1.29, 1.82) is 0 Å². The Kier molecular flexibility index (Phi) is 5.87. The third-order valence-electron chi connectivity index (χ3n) is 5.24. The average molecular weight is 384 g/mol. The first-order valence-corrected chi connectivity index (χ1v) is 9.49. The van der Waals surface area contributed by atoms with Crippen molar-refractivity contribution in [1.82, 2.24) is 9.80 Å². The normalized spacial score (nSPS) is 23.8. The summed E-state index contributed by atoms with van der Waals surface area (Å²) in [5.41, 5.74) is 6.51. The van der Waals surface area contributed by atoms with Crippen molar-refractivity contribution in [3.8, 4) is 0 Å². The molecule has 1 heterocycles. The predicted molar refractivity (Wildman–Crippen MR) is 98.9 cm³/mol. The second-order valence-corrected chi connectivity index (χ2v) is 7.70. The van der Waals surface area contributed by atoms with Crippen molar-refractivity contribution in [3.05, 3.63) is 33.8 Å². The van der Waals surface area contributed by atoms with E-state index in [1.54, 1.807) is 23.1 Å². The molecular weight excluding hydrogens is 361 g/mol. The van der Waals surface area contributed by atoms with Crippen LogP contribution in [0.25, 0.3) is 0 Å². The lowest BCUT2D eigenvalue weighted by Crippen LogP contribution is -2.51. The highest BCUT2D eigenvalue weighted by Crippen LogP contribution is 2.28. The zero-order valence-corrected chi connectivity index (χ0v) is 15.6. The first-order valence-electron chi connectivity index (χ1n) is 8.73. The molecule has 1 aromatic rings. The predicted octanol–water partition coefficient (Wildman–Crippen LogP) is 2.80. The van der Waals surface area contributed by atoms with Gasteiger partial charge in [-0.3, -0.25) is 9.59 Å². The fourth-order valence-corrected chi connectivity index (χ4v) is 4.15. The van der Waals surface area contributed by atoms with Crippen molar-refractivity contribution >= 4 is 35.0 Å². The van der Waals surface area contributed by atoms with Crippen LogP contribution in [0.3, 0.4) is 0 Å². The Bertz CT molecular complexity index is 660. The van der Waals surface area contributed by atoms with Gasteiger partial charge >= 0.3 is 0 Å². The molecule has 0 unspecified atom stereocenters. The Morgan fingerprint density at radius 1 is 1.08 bits per heavy atom. The summed E-state index contributed by atoms with van der Waals surface area (Å²) in [4.78, 5) is 28.7. The topological polar surface area (TPSA) is 66.6 Å². The molecule has 1 aliphatic heterocycles. The number of rotatable bonds is 3. The van der Waals surface area contributed by atoms with Crippen LogP contribution in [0.2, 0.25) is 10.0 Å². The van der Waals surface area contributed by atoms with E-state index in [2.05, 4.69) is 0 Å². The molecule has 2 fully saturated rings. The third kappa shape index (κ3) is 4.27. The summed E-state index contributed by atoms with van der Waals surface area (Å²) in [5.74, 6) is 0.339. The molecule has 25 heavy (non-hydrogen) atoms. The summed E-state index contributed by atoms with van der Waals surface area (Å²) in [6.07, 6.45) is 3.70. The number of halogens is 2. The van der Waals surface area contributed by atoms with Gasteiger partial charge in [-0.15, -0.1) is 0 Å². The second-order valence-electron chi connectivity index (χ2n) is 6.86. The van der Waals surface area contributed by atoms with Crippen LogP contribution < -0.4 is 5.73 Å². The van der Waals surface area contributed by atoms with E-state index in [4.69, 9.17) is 28.9 Å². The first-order chi connectivity index (χ1) is 12.0. The molecule has 1 aliphatic carbocycles. The number of benzene rings is 1. The van der Waals surface area contributed by atoms with Gasteiger partial charge in [-0.05, 0) is 37.0 Å². The Hall–Kier alpha value is -1.30. The maximum absolute atomic E-state index is 12.6. The molecule has 5 nitrogen and oxygen atoms in total. The van der Waals surface area contributed by atoms with E-state index in [1.165, 1.54) is 0 Å². The molecule has 3 rings (SSSR count). The van der Waals surface area contributed by atoms with Crippen LogP contribution in [0, 0.1) is 5.92 Å². The molecule has 1 saturated carbocycles. The van der Waals surface area contributed by atoms with Crippen LogP contribution in [0.5, 0.6) is 0 Å². The SMILES string of the molecule is N[C@@H]1CCC[C@H]1CC(=O)N1CCN(C(=O)c2ccc(Cl)cc2Cl)CC1. The first kappa shape index (κ1) is 18.5. The summed E-state index contributed by atoms with van der Waals surface area (Å²) in [6.45, 7) is 2.13. The Balaban J connectivity index is 1.54. The van der Waals surface area contributed by atoms with Gasteiger partial charge in [0.25, 0.3) is 5.91 Å². The van der Waals surface area contributed by atoms with Gasteiger partial charge in [0.2, 0.25) is 5.91 Å². The van der Waals surface area contributed by atoms with Crippen LogP contribution in [0.4, 0.5) is 0 Å². The summed E-state index contributed by atoms with van der Waals surface area (Å²) in [5, 5.41) is 0.855. The molecular formula is C18H23Cl2N3O2. The number of carbonyl (C=O) groups is 2. The van der Waals surface area contributed by atoms with Crippen molar-refractivity contribution in [2.24, 2.45) is 11.7 Å². The van der Waals surface area contributed by atoms with Crippen LogP contribution >= 0.6 is 23.2 Å². The number of piperazine rings is 1. The Morgan fingerprint density at radius 3 is 2.36 bits per heavy atom. The van der Waals surface area contributed by atoms with Gasteiger partial charge in [-0.25, -0.2) is 0 Å². The standard InChI is InChI=1S/C18H23Cl2N3O2/c19-13-4-5-14(15(20)11-13)18(25)23-8-6-22(7-9-23)17(24)10-12-2-1-3-16(12)21/h4-5,11-12,16H,1-3,6-10,21H2/t12-,16+/m0/s1. The van der Waals surface area contributed by atoms with E-state index < -0.39 is 0 Å². The van der Waals surface area contributed by atoms with Crippen LogP contribution in [0.15, 0.2) is 18.2 Å². The van der Waals surface area contributed by atoms with Crippen molar-refractivity contribution < 1.29 is 9.59 Å². The highest BCUT2D eigenvalue weighted by molar-refractivity contribution is 6.36. The molecule has 2 N–H and O–H groups in total. The summed E-state index contributed by atoms with van der Waals surface area (Å²) >= 11 is 12.0. The zero-order chi connectivity index (χ0) is 18.0. The maximum atomic E-state index is 12.6. The fourth-order valence-electron chi connectivity index (χ4n) is 3.66. The number of nitrogens with zero attached hydrogens (tertiary/aromatic N) is 2. The summed E-state index contributed by atoms with van der Waals surface area (Å²) < 4.78 is 0. The Labute approximate surface area is 158 Å². The molecule has 1 saturated heterocycles. The molecule has 2 amide bonds. The summed E-state index contributed by atoms with van der Waals surface area (Å²) in [6, 6.07) is 5.02. The lowest BCUT2D eigenvalue weighted by Gasteiger charge is -2.35. The summed E-state index contributed by atoms with van der Waals surface area (Å²) in [7, 11) is 0.